The molecular weight excluding hydrogens is 228 g/mol. The Balaban J connectivity index is 1.68. The third-order valence-electron chi connectivity index (χ3n) is 3.70. The summed E-state index contributed by atoms with van der Waals surface area (Å²) in [6.07, 6.45) is 5.60. The Morgan fingerprint density at radius 3 is 2.67 bits per heavy atom. The van der Waals surface area contributed by atoms with Gasteiger partial charge in [0.2, 0.25) is 0 Å². The highest BCUT2D eigenvalue weighted by Crippen LogP contribution is 2.25. The fraction of sp³-hybridized carbons (Fsp3) is 0.846. The number of aromatic nitrogens is 3. The molecule has 0 saturated carbocycles. The van der Waals surface area contributed by atoms with Crippen LogP contribution in [-0.2, 0) is 0 Å². The lowest BCUT2D eigenvalue weighted by molar-refractivity contribution is 0.202. The van der Waals surface area contributed by atoms with E-state index in [1.54, 1.807) is 0 Å². The van der Waals surface area contributed by atoms with Gasteiger partial charge in [-0.15, -0.1) is 0 Å². The first-order valence-corrected chi connectivity index (χ1v) is 7.01. The van der Waals surface area contributed by atoms with E-state index in [2.05, 4.69) is 20.1 Å². The number of nitrogens with one attached hydrogen (secondary N) is 1. The molecule has 1 saturated heterocycles. The Kier molecular flexibility index (Phi) is 5.13. The molecule has 2 rings (SSSR count). The van der Waals surface area contributed by atoms with Gasteiger partial charge in [0.1, 0.15) is 5.82 Å². The van der Waals surface area contributed by atoms with Crippen molar-refractivity contribution in [3.05, 3.63) is 11.6 Å². The van der Waals surface area contributed by atoms with Crippen LogP contribution in [0.1, 0.15) is 49.7 Å². The molecule has 0 bridgehead atoms. The monoisotopic (exact) mass is 252 g/mol. The topological polar surface area (TPSA) is 65.0 Å². The van der Waals surface area contributed by atoms with E-state index < -0.39 is 0 Å². The van der Waals surface area contributed by atoms with Gasteiger partial charge >= 0.3 is 0 Å². The van der Waals surface area contributed by atoms with Crippen molar-refractivity contribution >= 4 is 0 Å². The van der Waals surface area contributed by atoms with E-state index in [9.17, 15) is 0 Å². The largest absolute Gasteiger partial charge is 0.396 e. The molecule has 0 unspecified atom stereocenters. The Hall–Kier alpha value is -0.940. The molecule has 5 nitrogen and oxygen atoms in total. The summed E-state index contributed by atoms with van der Waals surface area (Å²) >= 11 is 0. The minimum atomic E-state index is 0.326. The normalized spacial score (nSPS) is 18.3. The summed E-state index contributed by atoms with van der Waals surface area (Å²) in [5, 5.41) is 15.9. The number of nitrogens with zero attached hydrogens (tertiary/aromatic N) is 3. The Morgan fingerprint density at radius 2 is 2.06 bits per heavy atom. The van der Waals surface area contributed by atoms with E-state index >= 15 is 0 Å². The predicted molar refractivity (Wildman–Crippen MR) is 70.5 cm³/mol. The van der Waals surface area contributed by atoms with E-state index in [4.69, 9.17) is 5.11 Å². The molecule has 2 N–H and O–H groups in total. The molecule has 2 heterocycles. The van der Waals surface area contributed by atoms with E-state index in [-0.39, 0.29) is 0 Å². The van der Waals surface area contributed by atoms with Gasteiger partial charge in [-0.05, 0) is 58.7 Å². The number of piperidine rings is 1. The van der Waals surface area contributed by atoms with Crippen LogP contribution in [0.3, 0.4) is 0 Å². The number of aromatic amines is 1. The van der Waals surface area contributed by atoms with Gasteiger partial charge in [0.05, 0.1) is 0 Å². The number of hydrogen-bond donors (Lipinski definition) is 2. The van der Waals surface area contributed by atoms with Crippen molar-refractivity contribution < 1.29 is 5.11 Å². The molecule has 1 aliphatic rings. The number of hydrogen-bond acceptors (Lipinski definition) is 4. The smallest absolute Gasteiger partial charge is 0.153 e. The van der Waals surface area contributed by atoms with Gasteiger partial charge in [-0.3, -0.25) is 5.10 Å². The molecule has 18 heavy (non-hydrogen) atoms. The van der Waals surface area contributed by atoms with Gasteiger partial charge in [0.15, 0.2) is 5.82 Å². The zero-order chi connectivity index (χ0) is 12.8. The summed E-state index contributed by atoms with van der Waals surface area (Å²) in [6.45, 7) is 5.74. The van der Waals surface area contributed by atoms with Crippen molar-refractivity contribution in [2.24, 2.45) is 0 Å². The summed E-state index contributed by atoms with van der Waals surface area (Å²) in [4.78, 5) is 6.95. The summed E-state index contributed by atoms with van der Waals surface area (Å²) in [5.41, 5.74) is 0. The van der Waals surface area contributed by atoms with Crippen LogP contribution in [0.5, 0.6) is 0 Å². The van der Waals surface area contributed by atoms with Crippen LogP contribution in [0.4, 0.5) is 0 Å². The van der Waals surface area contributed by atoms with Crippen LogP contribution in [0.2, 0.25) is 0 Å². The molecule has 1 aliphatic heterocycles. The molecule has 5 heteroatoms. The Labute approximate surface area is 109 Å². The SMILES string of the molecule is Cc1nc(C2CCN(CCCCCO)CC2)n[nH]1. The van der Waals surface area contributed by atoms with Gasteiger partial charge in [-0.25, -0.2) is 4.98 Å². The van der Waals surface area contributed by atoms with Gasteiger partial charge in [0.25, 0.3) is 0 Å². The quantitative estimate of drug-likeness (QED) is 0.752. The van der Waals surface area contributed by atoms with Gasteiger partial charge in [-0.1, -0.05) is 0 Å². The van der Waals surface area contributed by atoms with Crippen LogP contribution in [0.15, 0.2) is 0 Å². The second-order valence-electron chi connectivity index (χ2n) is 5.18. The van der Waals surface area contributed by atoms with Crippen molar-refractivity contribution in [3.63, 3.8) is 0 Å². The van der Waals surface area contributed by atoms with Crippen LogP contribution in [0, 0.1) is 6.92 Å². The molecule has 0 atom stereocenters. The Morgan fingerprint density at radius 1 is 1.28 bits per heavy atom. The first-order chi connectivity index (χ1) is 8.79. The predicted octanol–water partition coefficient (Wildman–Crippen LogP) is 1.46. The fourth-order valence-corrected chi connectivity index (χ4v) is 2.58. The zero-order valence-electron chi connectivity index (χ0n) is 11.2. The second kappa shape index (κ2) is 6.85. The third kappa shape index (κ3) is 3.78. The van der Waals surface area contributed by atoms with Crippen molar-refractivity contribution in [1.82, 2.24) is 20.1 Å². The number of aryl methyl sites for hydroxylation is 1. The highest BCUT2D eigenvalue weighted by Gasteiger charge is 2.22. The minimum absolute atomic E-state index is 0.326. The lowest BCUT2D eigenvalue weighted by atomic mass is 9.96. The van der Waals surface area contributed by atoms with Crippen molar-refractivity contribution in [1.29, 1.82) is 0 Å². The summed E-state index contributed by atoms with van der Waals surface area (Å²) in [7, 11) is 0. The van der Waals surface area contributed by atoms with Crippen LogP contribution >= 0.6 is 0 Å². The molecular formula is C13H24N4O. The molecule has 0 spiro atoms. The first-order valence-electron chi connectivity index (χ1n) is 7.01. The average Bonchev–Trinajstić information content (AvgIpc) is 2.82. The van der Waals surface area contributed by atoms with Crippen LogP contribution in [-0.4, -0.2) is 51.4 Å². The summed E-state index contributed by atoms with van der Waals surface area (Å²) in [5.74, 6) is 2.44. The van der Waals surface area contributed by atoms with Crippen LogP contribution in [0.25, 0.3) is 0 Å². The lowest BCUT2D eigenvalue weighted by Crippen LogP contribution is -2.34. The summed E-state index contributed by atoms with van der Waals surface area (Å²) < 4.78 is 0. The molecule has 1 aromatic heterocycles. The maximum atomic E-state index is 8.74. The fourth-order valence-electron chi connectivity index (χ4n) is 2.58. The molecule has 0 aliphatic carbocycles. The number of H-pyrrole nitrogens is 1. The number of aliphatic hydroxyl groups excluding tert-OH is 1. The van der Waals surface area contributed by atoms with Gasteiger partial charge in [-0.2, -0.15) is 5.10 Å². The zero-order valence-corrected chi connectivity index (χ0v) is 11.2. The lowest BCUT2D eigenvalue weighted by Gasteiger charge is -2.30. The van der Waals surface area contributed by atoms with Crippen molar-refractivity contribution in [2.45, 2.75) is 44.9 Å². The average molecular weight is 252 g/mol. The van der Waals surface area contributed by atoms with Crippen molar-refractivity contribution in [3.8, 4) is 0 Å². The summed E-state index contributed by atoms with van der Waals surface area (Å²) in [6, 6.07) is 0. The third-order valence-corrected chi connectivity index (χ3v) is 3.70. The standard InChI is InChI=1S/C13H24N4O/c1-11-14-13(16-15-11)12-5-8-17(9-6-12)7-3-2-4-10-18/h12,18H,2-10H2,1H3,(H,14,15,16). The first kappa shape index (κ1) is 13.5. The van der Waals surface area contributed by atoms with E-state index in [0.717, 1.165) is 50.4 Å². The number of rotatable bonds is 6. The molecule has 0 amide bonds. The van der Waals surface area contributed by atoms with E-state index in [1.165, 1.54) is 13.0 Å². The van der Waals surface area contributed by atoms with Gasteiger partial charge in [0, 0.05) is 12.5 Å². The highest BCUT2D eigenvalue weighted by atomic mass is 16.2. The highest BCUT2D eigenvalue weighted by molar-refractivity contribution is 4.98. The van der Waals surface area contributed by atoms with Gasteiger partial charge < -0.3 is 10.0 Å². The van der Waals surface area contributed by atoms with E-state index in [1.807, 2.05) is 6.92 Å². The maximum Gasteiger partial charge on any atom is 0.153 e. The molecule has 0 aromatic carbocycles. The van der Waals surface area contributed by atoms with Crippen LogP contribution < -0.4 is 0 Å². The molecule has 1 fully saturated rings. The number of likely N-dealkylation sites (tertiary alicyclic amines) is 1. The number of aliphatic hydroxyl groups is 1. The van der Waals surface area contributed by atoms with Crippen molar-refractivity contribution in [2.75, 3.05) is 26.2 Å². The second-order valence-corrected chi connectivity index (χ2v) is 5.18. The molecule has 0 radical (unpaired) electrons. The van der Waals surface area contributed by atoms with E-state index in [0.29, 0.717) is 12.5 Å². The maximum absolute atomic E-state index is 8.74. The Bertz CT molecular complexity index is 345. The minimum Gasteiger partial charge on any atom is -0.396 e. The molecule has 1 aromatic rings. The molecule has 102 valence electrons. The number of unbranched alkanes of at least 4 members (excludes halogenated alkanes) is 2.